The van der Waals surface area contributed by atoms with E-state index in [9.17, 15) is 0 Å². The fraction of sp³-hybridized carbons (Fsp3) is 0.385. The smallest absolute Gasteiger partial charge is 0.132 e. The van der Waals surface area contributed by atoms with E-state index in [0.717, 1.165) is 31.1 Å². The van der Waals surface area contributed by atoms with Gasteiger partial charge >= 0.3 is 0 Å². The topological polar surface area (TPSA) is 41.0 Å². The van der Waals surface area contributed by atoms with Gasteiger partial charge in [-0.2, -0.15) is 11.3 Å². The number of thiophene rings is 1. The van der Waals surface area contributed by atoms with Gasteiger partial charge in [0, 0.05) is 42.7 Å². The first kappa shape index (κ1) is 11.6. The normalized spacial score (nSPS) is 20.1. The van der Waals surface area contributed by atoms with E-state index in [1.165, 1.54) is 5.56 Å². The monoisotopic (exact) mass is 260 g/mol. The van der Waals surface area contributed by atoms with Gasteiger partial charge < -0.3 is 10.2 Å². The molecule has 0 aromatic carbocycles. The van der Waals surface area contributed by atoms with E-state index in [0.29, 0.717) is 6.04 Å². The molecule has 1 saturated heterocycles. The van der Waals surface area contributed by atoms with Crippen LogP contribution in [0.4, 0.5) is 5.82 Å². The number of hydrogen-bond donors (Lipinski definition) is 1. The Balaban J connectivity index is 1.91. The van der Waals surface area contributed by atoms with Gasteiger partial charge in [-0.1, -0.05) is 0 Å². The summed E-state index contributed by atoms with van der Waals surface area (Å²) in [6.07, 6.45) is 1.66. The molecule has 0 amide bonds. The maximum absolute atomic E-state index is 4.41. The SMILES string of the molecule is C[C@@H]1CNCCN1c1cc(-c2ccsc2)ncn1. The number of hydrogen-bond acceptors (Lipinski definition) is 5. The third-order valence-corrected chi connectivity index (χ3v) is 3.95. The van der Waals surface area contributed by atoms with Gasteiger partial charge in [0.25, 0.3) is 0 Å². The van der Waals surface area contributed by atoms with Crippen molar-refractivity contribution in [3.63, 3.8) is 0 Å². The minimum Gasteiger partial charge on any atom is -0.351 e. The molecule has 1 atom stereocenters. The lowest BCUT2D eigenvalue weighted by Crippen LogP contribution is -2.50. The molecule has 0 bridgehead atoms. The van der Waals surface area contributed by atoms with E-state index in [1.54, 1.807) is 17.7 Å². The molecule has 5 heteroatoms. The molecule has 0 saturated carbocycles. The van der Waals surface area contributed by atoms with Crippen LogP contribution in [-0.4, -0.2) is 35.6 Å². The molecule has 0 aliphatic carbocycles. The lowest BCUT2D eigenvalue weighted by atomic mass is 10.2. The largest absolute Gasteiger partial charge is 0.351 e. The summed E-state index contributed by atoms with van der Waals surface area (Å²) in [5.74, 6) is 1.03. The van der Waals surface area contributed by atoms with Crippen LogP contribution < -0.4 is 10.2 Å². The quantitative estimate of drug-likeness (QED) is 0.896. The molecule has 1 N–H and O–H groups in total. The molecule has 94 valence electrons. The summed E-state index contributed by atoms with van der Waals surface area (Å²) in [6, 6.07) is 4.66. The molecule has 4 nitrogen and oxygen atoms in total. The molecule has 1 aliphatic rings. The van der Waals surface area contributed by atoms with Crippen LogP contribution in [0.2, 0.25) is 0 Å². The Labute approximate surface area is 111 Å². The molecule has 2 aromatic heterocycles. The van der Waals surface area contributed by atoms with Crippen LogP contribution in [0.15, 0.2) is 29.2 Å². The maximum atomic E-state index is 4.41. The Hall–Kier alpha value is -1.46. The van der Waals surface area contributed by atoms with Crippen LogP contribution in [-0.2, 0) is 0 Å². The molecule has 0 radical (unpaired) electrons. The average molecular weight is 260 g/mol. The Morgan fingerprint density at radius 1 is 1.44 bits per heavy atom. The van der Waals surface area contributed by atoms with E-state index < -0.39 is 0 Å². The zero-order valence-electron chi connectivity index (χ0n) is 10.3. The van der Waals surface area contributed by atoms with Crippen LogP contribution in [0, 0.1) is 0 Å². The molecular weight excluding hydrogens is 244 g/mol. The highest BCUT2D eigenvalue weighted by atomic mass is 32.1. The van der Waals surface area contributed by atoms with Gasteiger partial charge in [0.15, 0.2) is 0 Å². The van der Waals surface area contributed by atoms with Crippen molar-refractivity contribution in [2.45, 2.75) is 13.0 Å². The van der Waals surface area contributed by atoms with Gasteiger partial charge in [-0.15, -0.1) is 0 Å². The van der Waals surface area contributed by atoms with Gasteiger partial charge in [0.1, 0.15) is 12.1 Å². The zero-order chi connectivity index (χ0) is 12.4. The van der Waals surface area contributed by atoms with Crippen molar-refractivity contribution >= 4 is 17.2 Å². The second-order valence-electron chi connectivity index (χ2n) is 4.52. The molecule has 0 unspecified atom stereocenters. The molecule has 2 aromatic rings. The van der Waals surface area contributed by atoms with Gasteiger partial charge in [-0.05, 0) is 18.4 Å². The van der Waals surface area contributed by atoms with Gasteiger partial charge in [0.2, 0.25) is 0 Å². The van der Waals surface area contributed by atoms with Crippen LogP contribution in [0.5, 0.6) is 0 Å². The minimum atomic E-state index is 0.476. The number of piperazine rings is 1. The highest BCUT2D eigenvalue weighted by Crippen LogP contribution is 2.23. The van der Waals surface area contributed by atoms with E-state index >= 15 is 0 Å². The van der Waals surface area contributed by atoms with E-state index in [4.69, 9.17) is 0 Å². The van der Waals surface area contributed by atoms with Crippen molar-refractivity contribution in [2.24, 2.45) is 0 Å². The molecule has 1 aliphatic heterocycles. The van der Waals surface area contributed by atoms with Crippen molar-refractivity contribution in [3.05, 3.63) is 29.2 Å². The number of aromatic nitrogens is 2. The first-order valence-corrected chi connectivity index (χ1v) is 7.11. The van der Waals surface area contributed by atoms with Crippen LogP contribution in [0.25, 0.3) is 11.3 Å². The van der Waals surface area contributed by atoms with E-state index in [2.05, 4.69) is 50.0 Å². The van der Waals surface area contributed by atoms with E-state index in [-0.39, 0.29) is 0 Å². The molecule has 1 fully saturated rings. The summed E-state index contributed by atoms with van der Waals surface area (Å²) in [5.41, 5.74) is 2.18. The number of nitrogens with one attached hydrogen (secondary N) is 1. The Morgan fingerprint density at radius 2 is 2.39 bits per heavy atom. The predicted octanol–water partition coefficient (Wildman–Crippen LogP) is 2.00. The summed E-state index contributed by atoms with van der Waals surface area (Å²) < 4.78 is 0. The molecule has 3 rings (SSSR count). The Bertz CT molecular complexity index is 511. The second-order valence-corrected chi connectivity index (χ2v) is 5.30. The fourth-order valence-corrected chi connectivity index (χ4v) is 2.90. The summed E-state index contributed by atoms with van der Waals surface area (Å²) in [6.45, 7) is 5.25. The number of anilines is 1. The standard InChI is InChI=1S/C13H16N4S/c1-10-7-14-3-4-17(10)13-6-12(15-9-16-13)11-2-5-18-8-11/h2,5-6,8-10,14H,3-4,7H2,1H3/t10-/m1/s1. The summed E-state index contributed by atoms with van der Waals surface area (Å²) in [4.78, 5) is 11.1. The highest BCUT2D eigenvalue weighted by molar-refractivity contribution is 7.08. The van der Waals surface area contributed by atoms with Crippen molar-refractivity contribution in [1.82, 2.24) is 15.3 Å². The third kappa shape index (κ3) is 2.23. The van der Waals surface area contributed by atoms with E-state index in [1.807, 2.05) is 0 Å². The molecule has 0 spiro atoms. The fourth-order valence-electron chi connectivity index (χ4n) is 2.25. The Morgan fingerprint density at radius 3 is 3.17 bits per heavy atom. The van der Waals surface area contributed by atoms with Crippen molar-refractivity contribution in [1.29, 1.82) is 0 Å². The average Bonchev–Trinajstić information content (AvgIpc) is 2.93. The summed E-state index contributed by atoms with van der Waals surface area (Å²) in [5, 5.41) is 7.59. The third-order valence-electron chi connectivity index (χ3n) is 3.27. The van der Waals surface area contributed by atoms with Crippen molar-refractivity contribution in [2.75, 3.05) is 24.5 Å². The highest BCUT2D eigenvalue weighted by Gasteiger charge is 2.19. The van der Waals surface area contributed by atoms with Crippen molar-refractivity contribution in [3.8, 4) is 11.3 Å². The maximum Gasteiger partial charge on any atom is 0.132 e. The molecular formula is C13H16N4S. The Kier molecular flexibility index (Phi) is 3.25. The summed E-state index contributed by atoms with van der Waals surface area (Å²) in [7, 11) is 0. The van der Waals surface area contributed by atoms with Gasteiger partial charge in [-0.25, -0.2) is 9.97 Å². The second kappa shape index (κ2) is 5.04. The minimum absolute atomic E-state index is 0.476. The number of nitrogens with zero attached hydrogens (tertiary/aromatic N) is 3. The first-order chi connectivity index (χ1) is 8.84. The lowest BCUT2D eigenvalue weighted by Gasteiger charge is -2.34. The zero-order valence-corrected chi connectivity index (χ0v) is 11.2. The van der Waals surface area contributed by atoms with Crippen LogP contribution >= 0.6 is 11.3 Å². The molecule has 3 heterocycles. The van der Waals surface area contributed by atoms with Crippen LogP contribution in [0.3, 0.4) is 0 Å². The molecule has 18 heavy (non-hydrogen) atoms. The first-order valence-electron chi connectivity index (χ1n) is 6.16. The van der Waals surface area contributed by atoms with Gasteiger partial charge in [0.05, 0.1) is 5.69 Å². The summed E-state index contributed by atoms with van der Waals surface area (Å²) >= 11 is 1.69. The van der Waals surface area contributed by atoms with Crippen molar-refractivity contribution < 1.29 is 0 Å². The lowest BCUT2D eigenvalue weighted by molar-refractivity contribution is 0.497. The van der Waals surface area contributed by atoms with Gasteiger partial charge in [-0.3, -0.25) is 0 Å². The predicted molar refractivity (Wildman–Crippen MR) is 75.0 cm³/mol. The number of rotatable bonds is 2. The van der Waals surface area contributed by atoms with Crippen LogP contribution in [0.1, 0.15) is 6.92 Å².